The summed E-state index contributed by atoms with van der Waals surface area (Å²) in [5.41, 5.74) is 1.11. The van der Waals surface area contributed by atoms with Gasteiger partial charge in [-0.15, -0.1) is 0 Å². The number of rotatable bonds is 5. The summed E-state index contributed by atoms with van der Waals surface area (Å²) in [7, 11) is 0. The van der Waals surface area contributed by atoms with E-state index in [4.69, 9.17) is 0 Å². The standard InChI is InChI=1S/C15H22FN/c1-2-17-15(13-7-3-4-8-13)11-12-6-5-9-14(16)10-12/h5-6,9-10,13,15,17H,2-4,7-8,11H2,1H3. The molecule has 2 rings (SSSR count). The molecule has 0 spiro atoms. The van der Waals surface area contributed by atoms with Crippen LogP contribution in [0, 0.1) is 11.7 Å². The molecule has 1 atom stereocenters. The van der Waals surface area contributed by atoms with Crippen LogP contribution in [-0.4, -0.2) is 12.6 Å². The van der Waals surface area contributed by atoms with Crippen molar-refractivity contribution < 1.29 is 4.39 Å². The molecule has 1 aromatic rings. The largest absolute Gasteiger partial charge is 0.314 e. The first-order valence-corrected chi connectivity index (χ1v) is 6.77. The Morgan fingerprint density at radius 1 is 1.35 bits per heavy atom. The zero-order valence-electron chi connectivity index (χ0n) is 10.6. The van der Waals surface area contributed by atoms with E-state index in [2.05, 4.69) is 12.2 Å². The van der Waals surface area contributed by atoms with E-state index < -0.39 is 0 Å². The van der Waals surface area contributed by atoms with Crippen LogP contribution in [0.4, 0.5) is 4.39 Å². The first-order chi connectivity index (χ1) is 8.29. The molecule has 1 aromatic carbocycles. The quantitative estimate of drug-likeness (QED) is 0.823. The second kappa shape index (κ2) is 6.15. The van der Waals surface area contributed by atoms with Crippen molar-refractivity contribution in [3.05, 3.63) is 35.6 Å². The van der Waals surface area contributed by atoms with Gasteiger partial charge in [-0.3, -0.25) is 0 Å². The van der Waals surface area contributed by atoms with Crippen LogP contribution in [0.25, 0.3) is 0 Å². The highest BCUT2D eigenvalue weighted by atomic mass is 19.1. The lowest BCUT2D eigenvalue weighted by molar-refractivity contribution is 0.362. The first-order valence-electron chi connectivity index (χ1n) is 6.77. The summed E-state index contributed by atoms with van der Waals surface area (Å²) >= 11 is 0. The summed E-state index contributed by atoms with van der Waals surface area (Å²) in [6.45, 7) is 3.14. The van der Waals surface area contributed by atoms with Gasteiger partial charge in [-0.1, -0.05) is 31.9 Å². The summed E-state index contributed by atoms with van der Waals surface area (Å²) < 4.78 is 13.2. The van der Waals surface area contributed by atoms with Gasteiger partial charge in [-0.25, -0.2) is 4.39 Å². The summed E-state index contributed by atoms with van der Waals surface area (Å²) in [6, 6.07) is 7.54. The second-order valence-corrected chi connectivity index (χ2v) is 5.04. The maximum Gasteiger partial charge on any atom is 0.123 e. The van der Waals surface area contributed by atoms with E-state index in [1.165, 1.54) is 31.7 Å². The highest BCUT2D eigenvalue weighted by Gasteiger charge is 2.24. The SMILES string of the molecule is CCNC(Cc1cccc(F)c1)C1CCCC1. The van der Waals surface area contributed by atoms with Crippen LogP contribution >= 0.6 is 0 Å². The first kappa shape index (κ1) is 12.6. The fraction of sp³-hybridized carbons (Fsp3) is 0.600. The number of hydrogen-bond donors (Lipinski definition) is 1. The number of likely N-dealkylation sites (N-methyl/N-ethyl adjacent to an activating group) is 1. The predicted molar refractivity (Wildman–Crippen MR) is 69.5 cm³/mol. The van der Waals surface area contributed by atoms with Crippen molar-refractivity contribution >= 4 is 0 Å². The van der Waals surface area contributed by atoms with Crippen molar-refractivity contribution in [1.29, 1.82) is 0 Å². The van der Waals surface area contributed by atoms with Crippen molar-refractivity contribution in [1.82, 2.24) is 5.32 Å². The van der Waals surface area contributed by atoms with Crippen LogP contribution in [0.15, 0.2) is 24.3 Å². The molecule has 1 unspecified atom stereocenters. The second-order valence-electron chi connectivity index (χ2n) is 5.04. The highest BCUT2D eigenvalue weighted by molar-refractivity contribution is 5.17. The molecule has 2 heteroatoms. The van der Waals surface area contributed by atoms with Crippen molar-refractivity contribution in [2.75, 3.05) is 6.54 Å². The average molecular weight is 235 g/mol. The molecule has 1 aliphatic rings. The lowest BCUT2D eigenvalue weighted by atomic mass is 9.92. The summed E-state index contributed by atoms with van der Waals surface area (Å²) in [6.07, 6.45) is 6.32. The Hall–Kier alpha value is -0.890. The van der Waals surface area contributed by atoms with Crippen molar-refractivity contribution in [2.24, 2.45) is 5.92 Å². The van der Waals surface area contributed by atoms with E-state index in [-0.39, 0.29) is 5.82 Å². The van der Waals surface area contributed by atoms with Crippen LogP contribution in [0.5, 0.6) is 0 Å². The molecule has 1 aliphatic carbocycles. The zero-order chi connectivity index (χ0) is 12.1. The van der Waals surface area contributed by atoms with E-state index in [1.807, 2.05) is 12.1 Å². The van der Waals surface area contributed by atoms with Crippen molar-refractivity contribution in [3.63, 3.8) is 0 Å². The van der Waals surface area contributed by atoms with E-state index in [1.54, 1.807) is 6.07 Å². The molecule has 17 heavy (non-hydrogen) atoms. The Kier molecular flexibility index (Phi) is 4.55. The minimum absolute atomic E-state index is 0.121. The highest BCUT2D eigenvalue weighted by Crippen LogP contribution is 2.29. The van der Waals surface area contributed by atoms with Crippen molar-refractivity contribution in [3.8, 4) is 0 Å². The topological polar surface area (TPSA) is 12.0 Å². The van der Waals surface area contributed by atoms with Gasteiger partial charge in [-0.05, 0) is 49.4 Å². The van der Waals surface area contributed by atoms with Gasteiger partial charge in [0.2, 0.25) is 0 Å². The number of nitrogens with one attached hydrogen (secondary N) is 1. The average Bonchev–Trinajstić information content (AvgIpc) is 2.82. The van der Waals surface area contributed by atoms with Gasteiger partial charge < -0.3 is 5.32 Å². The molecule has 1 saturated carbocycles. The van der Waals surface area contributed by atoms with Crippen LogP contribution in [-0.2, 0) is 6.42 Å². The lowest BCUT2D eigenvalue weighted by Gasteiger charge is -2.24. The van der Waals surface area contributed by atoms with E-state index in [9.17, 15) is 4.39 Å². The molecule has 94 valence electrons. The minimum atomic E-state index is -0.121. The fourth-order valence-corrected chi connectivity index (χ4v) is 2.95. The molecule has 0 aromatic heterocycles. The lowest BCUT2D eigenvalue weighted by Crippen LogP contribution is -2.36. The third-order valence-corrected chi connectivity index (χ3v) is 3.78. The monoisotopic (exact) mass is 235 g/mol. The van der Waals surface area contributed by atoms with E-state index in [0.717, 1.165) is 24.4 Å². The van der Waals surface area contributed by atoms with Crippen molar-refractivity contribution in [2.45, 2.75) is 45.1 Å². The van der Waals surface area contributed by atoms with Gasteiger partial charge in [-0.2, -0.15) is 0 Å². The molecular formula is C15H22FN. The number of benzene rings is 1. The molecule has 1 N–H and O–H groups in total. The molecule has 0 heterocycles. The summed E-state index contributed by atoms with van der Waals surface area (Å²) in [5.74, 6) is 0.655. The Labute approximate surface area is 103 Å². The van der Waals surface area contributed by atoms with Gasteiger partial charge in [0.15, 0.2) is 0 Å². The molecule has 0 radical (unpaired) electrons. The molecule has 1 nitrogen and oxygen atoms in total. The molecular weight excluding hydrogens is 213 g/mol. The van der Waals surface area contributed by atoms with Gasteiger partial charge in [0.25, 0.3) is 0 Å². The molecule has 0 aliphatic heterocycles. The summed E-state index contributed by atoms with van der Waals surface area (Å²) in [4.78, 5) is 0. The van der Waals surface area contributed by atoms with Gasteiger partial charge in [0.1, 0.15) is 5.82 Å². The van der Waals surface area contributed by atoms with Gasteiger partial charge in [0.05, 0.1) is 0 Å². The summed E-state index contributed by atoms with van der Waals surface area (Å²) in [5, 5.41) is 3.57. The van der Waals surface area contributed by atoms with Crippen LogP contribution < -0.4 is 5.32 Å². The Balaban J connectivity index is 2.01. The Morgan fingerprint density at radius 3 is 2.76 bits per heavy atom. The fourth-order valence-electron chi connectivity index (χ4n) is 2.95. The maximum absolute atomic E-state index is 13.2. The third-order valence-electron chi connectivity index (χ3n) is 3.78. The van der Waals surface area contributed by atoms with Crippen LogP contribution in [0.3, 0.4) is 0 Å². The third kappa shape index (κ3) is 3.53. The number of halogens is 1. The Bertz CT molecular complexity index is 345. The Morgan fingerprint density at radius 2 is 2.12 bits per heavy atom. The van der Waals surface area contributed by atoms with Gasteiger partial charge in [0, 0.05) is 6.04 Å². The normalized spacial score (nSPS) is 18.5. The van der Waals surface area contributed by atoms with E-state index >= 15 is 0 Å². The minimum Gasteiger partial charge on any atom is -0.314 e. The van der Waals surface area contributed by atoms with Gasteiger partial charge >= 0.3 is 0 Å². The van der Waals surface area contributed by atoms with E-state index in [0.29, 0.717) is 6.04 Å². The van der Waals surface area contributed by atoms with Crippen LogP contribution in [0.2, 0.25) is 0 Å². The predicted octanol–water partition coefficient (Wildman–Crippen LogP) is 3.54. The maximum atomic E-state index is 13.2. The zero-order valence-corrected chi connectivity index (χ0v) is 10.6. The smallest absolute Gasteiger partial charge is 0.123 e. The number of hydrogen-bond acceptors (Lipinski definition) is 1. The molecule has 1 fully saturated rings. The molecule has 0 saturated heterocycles. The molecule has 0 amide bonds. The molecule has 0 bridgehead atoms. The van der Waals surface area contributed by atoms with Crippen LogP contribution in [0.1, 0.15) is 38.2 Å².